The average molecular weight is 286 g/mol. The highest BCUT2D eigenvalue weighted by Gasteiger charge is 2.28. The van der Waals surface area contributed by atoms with Gasteiger partial charge >= 0.3 is 0 Å². The first-order valence-electron chi connectivity index (χ1n) is 5.96. The summed E-state index contributed by atoms with van der Waals surface area (Å²) in [4.78, 5) is 13.5. The number of carbonyl (C=O) groups is 1. The third-order valence-corrected chi connectivity index (χ3v) is 3.84. The second-order valence-corrected chi connectivity index (χ2v) is 5.14. The molecule has 0 N–H and O–H groups in total. The molecule has 1 aromatic rings. The summed E-state index contributed by atoms with van der Waals surface area (Å²) in [6.45, 7) is 1.86. The number of hydrogen-bond acceptors (Lipinski definition) is 3. The number of benzene rings is 1. The fraction of sp³-hybridized carbons (Fsp3) is 0.462. The first-order chi connectivity index (χ1) is 8.70. The van der Waals surface area contributed by atoms with Gasteiger partial charge in [-0.05, 0) is 23.8 Å². The van der Waals surface area contributed by atoms with Gasteiger partial charge in [0.1, 0.15) is 12.4 Å². The Labute approximate surface area is 117 Å². The summed E-state index contributed by atoms with van der Waals surface area (Å²) >= 11 is 10.2. The third kappa shape index (κ3) is 3.33. The van der Waals surface area contributed by atoms with E-state index in [0.717, 1.165) is 12.3 Å². The van der Waals surface area contributed by atoms with Gasteiger partial charge in [-0.25, -0.2) is 0 Å². The molecule has 1 aromatic carbocycles. The van der Waals surface area contributed by atoms with Crippen LogP contribution in [-0.2, 0) is 4.79 Å². The molecule has 1 atom stereocenters. The molecule has 1 fully saturated rings. The number of rotatable bonds is 5. The SMILES string of the molecule is O=C1CC(CS)CN1CCOc1ccccc1Cl. The minimum Gasteiger partial charge on any atom is -0.490 e. The third-order valence-electron chi connectivity index (χ3n) is 3.01. The van der Waals surface area contributed by atoms with Gasteiger partial charge in [0.2, 0.25) is 5.91 Å². The summed E-state index contributed by atoms with van der Waals surface area (Å²) in [7, 11) is 0. The fourth-order valence-electron chi connectivity index (χ4n) is 2.02. The normalized spacial score (nSPS) is 19.3. The lowest BCUT2D eigenvalue weighted by Crippen LogP contribution is -2.30. The molecular weight excluding hydrogens is 270 g/mol. The quantitative estimate of drug-likeness (QED) is 0.843. The number of nitrogens with zero attached hydrogens (tertiary/aromatic N) is 1. The molecule has 1 heterocycles. The van der Waals surface area contributed by atoms with Crippen molar-refractivity contribution in [3.8, 4) is 5.75 Å². The summed E-state index contributed by atoms with van der Waals surface area (Å²) < 4.78 is 5.57. The average Bonchev–Trinajstić information content (AvgIpc) is 2.73. The second-order valence-electron chi connectivity index (χ2n) is 4.37. The van der Waals surface area contributed by atoms with Gasteiger partial charge in [0.05, 0.1) is 11.6 Å². The minimum atomic E-state index is 0.191. The summed E-state index contributed by atoms with van der Waals surface area (Å²) in [6, 6.07) is 7.34. The summed E-state index contributed by atoms with van der Waals surface area (Å²) in [5, 5.41) is 0.596. The van der Waals surface area contributed by atoms with Gasteiger partial charge in [-0.1, -0.05) is 23.7 Å². The molecule has 3 nitrogen and oxygen atoms in total. The molecule has 1 aliphatic rings. The Morgan fingerprint density at radius 1 is 1.44 bits per heavy atom. The molecule has 2 rings (SSSR count). The van der Waals surface area contributed by atoms with E-state index in [9.17, 15) is 4.79 Å². The van der Waals surface area contributed by atoms with Gasteiger partial charge in [-0.15, -0.1) is 0 Å². The van der Waals surface area contributed by atoms with E-state index in [4.69, 9.17) is 16.3 Å². The smallest absolute Gasteiger partial charge is 0.223 e. The number of ether oxygens (including phenoxy) is 1. The van der Waals surface area contributed by atoms with E-state index < -0.39 is 0 Å². The van der Waals surface area contributed by atoms with E-state index in [1.165, 1.54) is 0 Å². The van der Waals surface area contributed by atoms with E-state index >= 15 is 0 Å². The number of thiol groups is 1. The van der Waals surface area contributed by atoms with E-state index in [1.807, 2.05) is 23.1 Å². The van der Waals surface area contributed by atoms with Crippen molar-refractivity contribution in [1.82, 2.24) is 4.90 Å². The number of carbonyl (C=O) groups excluding carboxylic acids is 1. The molecule has 1 saturated heterocycles. The van der Waals surface area contributed by atoms with Gasteiger partial charge in [0, 0.05) is 13.0 Å². The lowest BCUT2D eigenvalue weighted by atomic mass is 10.1. The molecule has 0 aliphatic carbocycles. The molecule has 1 aliphatic heterocycles. The van der Waals surface area contributed by atoms with E-state index in [-0.39, 0.29) is 5.91 Å². The zero-order chi connectivity index (χ0) is 13.0. The molecule has 0 radical (unpaired) electrons. The van der Waals surface area contributed by atoms with Gasteiger partial charge in [-0.3, -0.25) is 4.79 Å². The van der Waals surface area contributed by atoms with Crippen LogP contribution in [0.25, 0.3) is 0 Å². The number of amides is 1. The molecule has 98 valence electrons. The maximum absolute atomic E-state index is 11.7. The Morgan fingerprint density at radius 2 is 2.22 bits per heavy atom. The van der Waals surface area contributed by atoms with Crippen LogP contribution in [0.1, 0.15) is 6.42 Å². The lowest BCUT2D eigenvalue weighted by molar-refractivity contribution is -0.128. The Hall–Kier alpha value is -0.870. The molecular formula is C13H16ClNO2S. The lowest BCUT2D eigenvalue weighted by Gasteiger charge is -2.17. The van der Waals surface area contributed by atoms with E-state index in [2.05, 4.69) is 12.6 Å². The predicted octanol–water partition coefficient (Wildman–Crippen LogP) is 2.50. The van der Waals surface area contributed by atoms with Crippen LogP contribution in [0.15, 0.2) is 24.3 Å². The molecule has 0 bridgehead atoms. The topological polar surface area (TPSA) is 29.5 Å². The number of likely N-dealkylation sites (tertiary alicyclic amines) is 1. The first kappa shape index (κ1) is 13.6. The predicted molar refractivity (Wildman–Crippen MR) is 75.5 cm³/mol. The zero-order valence-corrected chi connectivity index (χ0v) is 11.7. The van der Waals surface area contributed by atoms with Crippen LogP contribution in [0.3, 0.4) is 0 Å². The largest absolute Gasteiger partial charge is 0.490 e. The van der Waals surface area contributed by atoms with Crippen molar-refractivity contribution in [2.24, 2.45) is 5.92 Å². The van der Waals surface area contributed by atoms with Crippen LogP contribution in [0.5, 0.6) is 5.75 Å². The molecule has 5 heteroatoms. The molecule has 0 aromatic heterocycles. The van der Waals surface area contributed by atoms with Gasteiger partial charge in [0.25, 0.3) is 0 Å². The number of hydrogen-bond donors (Lipinski definition) is 1. The van der Waals surface area contributed by atoms with Crippen molar-refractivity contribution >= 4 is 30.1 Å². The van der Waals surface area contributed by atoms with Crippen molar-refractivity contribution in [1.29, 1.82) is 0 Å². The summed E-state index contributed by atoms with van der Waals surface area (Å²) in [5.41, 5.74) is 0. The van der Waals surface area contributed by atoms with Crippen LogP contribution in [0.4, 0.5) is 0 Å². The highest BCUT2D eigenvalue weighted by atomic mass is 35.5. The first-order valence-corrected chi connectivity index (χ1v) is 6.97. The Bertz CT molecular complexity index is 427. The number of para-hydroxylation sites is 1. The molecule has 0 spiro atoms. The standard InChI is InChI=1S/C13H16ClNO2S/c14-11-3-1-2-4-12(11)17-6-5-15-8-10(9-18)7-13(15)16/h1-4,10,18H,5-9H2. The van der Waals surface area contributed by atoms with E-state index in [0.29, 0.717) is 36.3 Å². The maximum atomic E-state index is 11.7. The highest BCUT2D eigenvalue weighted by Crippen LogP contribution is 2.23. The van der Waals surface area contributed by atoms with Crippen LogP contribution < -0.4 is 4.74 Å². The van der Waals surface area contributed by atoms with Crippen LogP contribution >= 0.6 is 24.2 Å². The Balaban J connectivity index is 1.79. The van der Waals surface area contributed by atoms with Crippen molar-refractivity contribution < 1.29 is 9.53 Å². The minimum absolute atomic E-state index is 0.191. The molecule has 18 heavy (non-hydrogen) atoms. The van der Waals surface area contributed by atoms with Crippen molar-refractivity contribution in [2.45, 2.75) is 6.42 Å². The van der Waals surface area contributed by atoms with Crippen molar-refractivity contribution in [2.75, 3.05) is 25.4 Å². The van der Waals surface area contributed by atoms with Gasteiger partial charge in [-0.2, -0.15) is 12.6 Å². The zero-order valence-electron chi connectivity index (χ0n) is 10.0. The van der Waals surface area contributed by atoms with Crippen molar-refractivity contribution in [3.63, 3.8) is 0 Å². The summed E-state index contributed by atoms with van der Waals surface area (Å²) in [5.74, 6) is 1.99. The number of halogens is 1. The molecule has 0 saturated carbocycles. The Kier molecular flexibility index (Phi) is 4.78. The highest BCUT2D eigenvalue weighted by molar-refractivity contribution is 7.80. The van der Waals surface area contributed by atoms with E-state index in [1.54, 1.807) is 6.07 Å². The Morgan fingerprint density at radius 3 is 2.89 bits per heavy atom. The van der Waals surface area contributed by atoms with Crippen LogP contribution in [-0.4, -0.2) is 36.3 Å². The maximum Gasteiger partial charge on any atom is 0.223 e. The van der Waals surface area contributed by atoms with Gasteiger partial charge in [0.15, 0.2) is 0 Å². The van der Waals surface area contributed by atoms with Crippen LogP contribution in [0.2, 0.25) is 5.02 Å². The fourth-order valence-corrected chi connectivity index (χ4v) is 2.45. The van der Waals surface area contributed by atoms with Crippen molar-refractivity contribution in [3.05, 3.63) is 29.3 Å². The van der Waals surface area contributed by atoms with Crippen LogP contribution in [0, 0.1) is 5.92 Å². The molecule has 1 unspecified atom stereocenters. The van der Waals surface area contributed by atoms with Gasteiger partial charge < -0.3 is 9.64 Å². The molecule has 1 amide bonds. The monoisotopic (exact) mass is 285 g/mol. The second kappa shape index (κ2) is 6.34. The summed E-state index contributed by atoms with van der Waals surface area (Å²) in [6.07, 6.45) is 0.607.